The first kappa shape index (κ1) is 17.3. The molecule has 1 atom stereocenters. The van der Waals surface area contributed by atoms with Gasteiger partial charge in [-0.15, -0.1) is 0 Å². The Morgan fingerprint density at radius 2 is 1.91 bits per heavy atom. The Bertz CT molecular complexity index is 511. The third kappa shape index (κ3) is 3.80. The van der Waals surface area contributed by atoms with Gasteiger partial charge in [0.25, 0.3) is 0 Å². The molecule has 6 heteroatoms. The van der Waals surface area contributed by atoms with Gasteiger partial charge in [-0.3, -0.25) is 0 Å². The quantitative estimate of drug-likeness (QED) is 0.782. The third-order valence-electron chi connectivity index (χ3n) is 3.79. The van der Waals surface area contributed by atoms with Gasteiger partial charge in [0, 0.05) is 37.1 Å². The van der Waals surface area contributed by atoms with Gasteiger partial charge < -0.3 is 18.8 Å². The Balaban J connectivity index is 2.32. The molecular weight excluding hydrogens is 286 g/mol. The standard InChI is InChI=1S/C16H24BFO4/c1-11(8-19-4)12-6-13(15(20-5)14(18)7-12)17-21-9-16(2,3)10-22-17/h6-7,11H,8-10H2,1-5H3/t11-/m1/s1. The lowest BCUT2D eigenvalue weighted by atomic mass is 9.74. The van der Waals surface area contributed by atoms with Crippen molar-refractivity contribution in [3.63, 3.8) is 0 Å². The second-order valence-electron chi connectivity index (χ2n) is 6.60. The van der Waals surface area contributed by atoms with Gasteiger partial charge in [-0.05, 0) is 11.6 Å². The average Bonchev–Trinajstić information content (AvgIpc) is 2.46. The third-order valence-corrected chi connectivity index (χ3v) is 3.79. The summed E-state index contributed by atoms with van der Waals surface area (Å²) in [6.07, 6.45) is 0. The molecule has 2 rings (SSSR count). The van der Waals surface area contributed by atoms with E-state index in [4.69, 9.17) is 18.8 Å². The normalized spacial score (nSPS) is 19.1. The van der Waals surface area contributed by atoms with Crippen molar-refractivity contribution < 1.29 is 23.2 Å². The van der Waals surface area contributed by atoms with Crippen LogP contribution in [0, 0.1) is 11.2 Å². The number of hydrogen-bond donors (Lipinski definition) is 0. The summed E-state index contributed by atoms with van der Waals surface area (Å²) in [4.78, 5) is 0. The van der Waals surface area contributed by atoms with E-state index in [1.807, 2.05) is 13.0 Å². The molecule has 1 aromatic rings. The van der Waals surface area contributed by atoms with Crippen LogP contribution in [-0.2, 0) is 14.0 Å². The molecule has 1 aliphatic rings. The highest BCUT2D eigenvalue weighted by Gasteiger charge is 2.36. The number of ether oxygens (including phenoxy) is 2. The smallest absolute Gasteiger partial charge is 0.494 e. The largest absolute Gasteiger partial charge is 0.497 e. The van der Waals surface area contributed by atoms with Crippen molar-refractivity contribution in [2.75, 3.05) is 34.0 Å². The minimum atomic E-state index is -0.604. The second-order valence-corrected chi connectivity index (χ2v) is 6.60. The zero-order valence-electron chi connectivity index (χ0n) is 13.9. The van der Waals surface area contributed by atoms with E-state index in [0.29, 0.717) is 25.3 Å². The summed E-state index contributed by atoms with van der Waals surface area (Å²) in [5.41, 5.74) is 1.40. The van der Waals surface area contributed by atoms with Crippen LogP contribution in [0.25, 0.3) is 0 Å². The summed E-state index contributed by atoms with van der Waals surface area (Å²) in [5.74, 6) is -0.155. The predicted molar refractivity (Wildman–Crippen MR) is 84.3 cm³/mol. The van der Waals surface area contributed by atoms with Crippen molar-refractivity contribution >= 4 is 12.6 Å². The van der Waals surface area contributed by atoms with Crippen molar-refractivity contribution in [2.45, 2.75) is 26.7 Å². The molecule has 4 nitrogen and oxygen atoms in total. The zero-order valence-corrected chi connectivity index (χ0v) is 13.9. The first-order chi connectivity index (χ1) is 10.4. The number of halogens is 1. The molecular formula is C16H24BFO4. The maximum Gasteiger partial charge on any atom is 0.497 e. The summed E-state index contributed by atoms with van der Waals surface area (Å²) >= 11 is 0. The highest BCUT2D eigenvalue weighted by molar-refractivity contribution is 6.62. The number of rotatable bonds is 5. The number of methoxy groups -OCH3 is 2. The van der Waals surface area contributed by atoms with Gasteiger partial charge in [-0.25, -0.2) is 4.39 Å². The van der Waals surface area contributed by atoms with Gasteiger partial charge in [-0.2, -0.15) is 0 Å². The van der Waals surface area contributed by atoms with Crippen LogP contribution in [0.15, 0.2) is 12.1 Å². The van der Waals surface area contributed by atoms with E-state index in [9.17, 15) is 4.39 Å². The highest BCUT2D eigenvalue weighted by atomic mass is 19.1. The molecule has 0 bridgehead atoms. The fraction of sp³-hybridized carbons (Fsp3) is 0.625. The average molecular weight is 310 g/mol. The molecule has 1 aliphatic heterocycles. The van der Waals surface area contributed by atoms with Crippen LogP contribution in [0.5, 0.6) is 5.75 Å². The molecule has 0 aliphatic carbocycles. The SMILES string of the molecule is COC[C@@H](C)c1cc(F)c(OC)c(B2OCC(C)(C)CO2)c1. The fourth-order valence-electron chi connectivity index (χ4n) is 2.53. The molecule has 0 saturated carbocycles. The van der Waals surface area contributed by atoms with Crippen LogP contribution in [0.4, 0.5) is 4.39 Å². The second kappa shape index (κ2) is 6.98. The van der Waals surface area contributed by atoms with Gasteiger partial charge in [0.1, 0.15) is 0 Å². The Hall–Kier alpha value is -1.11. The number of hydrogen-bond acceptors (Lipinski definition) is 4. The summed E-state index contributed by atoms with van der Waals surface area (Å²) < 4.78 is 36.2. The van der Waals surface area contributed by atoms with Crippen LogP contribution < -0.4 is 10.2 Å². The maximum atomic E-state index is 14.3. The summed E-state index contributed by atoms with van der Waals surface area (Å²) in [7, 11) is 2.48. The van der Waals surface area contributed by atoms with E-state index < -0.39 is 12.9 Å². The van der Waals surface area contributed by atoms with Crippen molar-refractivity contribution in [3.05, 3.63) is 23.5 Å². The molecule has 1 aromatic carbocycles. The summed E-state index contributed by atoms with van der Waals surface area (Å²) in [5, 5.41) is 0. The minimum absolute atomic E-state index is 0.0385. The minimum Gasteiger partial charge on any atom is -0.494 e. The molecule has 0 unspecified atom stereocenters. The van der Waals surface area contributed by atoms with Crippen molar-refractivity contribution in [2.24, 2.45) is 5.41 Å². The Kier molecular flexibility index (Phi) is 5.48. The fourth-order valence-corrected chi connectivity index (χ4v) is 2.53. The van der Waals surface area contributed by atoms with Crippen LogP contribution >= 0.6 is 0 Å². The van der Waals surface area contributed by atoms with E-state index >= 15 is 0 Å². The van der Waals surface area contributed by atoms with E-state index in [2.05, 4.69) is 13.8 Å². The monoisotopic (exact) mass is 310 g/mol. The summed E-state index contributed by atoms with van der Waals surface area (Å²) in [6, 6.07) is 3.37. The van der Waals surface area contributed by atoms with Gasteiger partial charge in [0.05, 0.1) is 13.7 Å². The van der Waals surface area contributed by atoms with Gasteiger partial charge >= 0.3 is 7.12 Å². The lowest BCUT2D eigenvalue weighted by Crippen LogP contribution is -2.48. The molecule has 0 radical (unpaired) electrons. The molecule has 22 heavy (non-hydrogen) atoms. The maximum absolute atomic E-state index is 14.3. The molecule has 122 valence electrons. The molecule has 1 saturated heterocycles. The molecule has 0 aromatic heterocycles. The lowest BCUT2D eigenvalue weighted by Gasteiger charge is -2.33. The van der Waals surface area contributed by atoms with Gasteiger partial charge in [0.2, 0.25) is 0 Å². The lowest BCUT2D eigenvalue weighted by molar-refractivity contribution is 0.0341. The van der Waals surface area contributed by atoms with E-state index in [0.717, 1.165) is 5.56 Å². The molecule has 1 heterocycles. The topological polar surface area (TPSA) is 36.9 Å². The van der Waals surface area contributed by atoms with Crippen LogP contribution in [0.2, 0.25) is 0 Å². The first-order valence-corrected chi connectivity index (χ1v) is 7.47. The molecule has 0 N–H and O–H groups in total. The van der Waals surface area contributed by atoms with Crippen LogP contribution in [-0.4, -0.2) is 41.2 Å². The zero-order chi connectivity index (χ0) is 16.3. The Morgan fingerprint density at radius 3 is 2.45 bits per heavy atom. The Morgan fingerprint density at radius 1 is 1.27 bits per heavy atom. The predicted octanol–water partition coefficient (Wildman–Crippen LogP) is 2.35. The van der Waals surface area contributed by atoms with E-state index in [1.165, 1.54) is 13.2 Å². The van der Waals surface area contributed by atoms with E-state index in [1.54, 1.807) is 7.11 Å². The molecule has 1 fully saturated rings. The first-order valence-electron chi connectivity index (χ1n) is 7.47. The summed E-state index contributed by atoms with van der Waals surface area (Å²) in [6.45, 7) is 7.75. The highest BCUT2D eigenvalue weighted by Crippen LogP contribution is 2.26. The van der Waals surface area contributed by atoms with Crippen molar-refractivity contribution in [1.82, 2.24) is 0 Å². The van der Waals surface area contributed by atoms with Crippen molar-refractivity contribution in [1.29, 1.82) is 0 Å². The Labute approximate surface area is 132 Å². The van der Waals surface area contributed by atoms with Gasteiger partial charge in [-0.1, -0.05) is 26.8 Å². The molecule has 0 spiro atoms. The van der Waals surface area contributed by atoms with Crippen molar-refractivity contribution in [3.8, 4) is 5.75 Å². The van der Waals surface area contributed by atoms with Crippen LogP contribution in [0.3, 0.4) is 0 Å². The molecule has 0 amide bonds. The van der Waals surface area contributed by atoms with Crippen LogP contribution in [0.1, 0.15) is 32.3 Å². The number of benzene rings is 1. The van der Waals surface area contributed by atoms with Gasteiger partial charge in [0.15, 0.2) is 11.6 Å². The van der Waals surface area contributed by atoms with E-state index in [-0.39, 0.29) is 17.1 Å².